The van der Waals surface area contributed by atoms with Crippen LogP contribution in [0.3, 0.4) is 0 Å². The van der Waals surface area contributed by atoms with Crippen LogP contribution in [-0.2, 0) is 13.5 Å². The Balaban J connectivity index is 1.87. The molecule has 2 heterocycles. The summed E-state index contributed by atoms with van der Waals surface area (Å²) in [5.74, 6) is 1.72. The van der Waals surface area contributed by atoms with Crippen molar-refractivity contribution in [3.63, 3.8) is 0 Å². The zero-order valence-corrected chi connectivity index (χ0v) is 10.8. The first-order valence-electron chi connectivity index (χ1n) is 5.49. The maximum atomic E-state index is 5.50. The van der Waals surface area contributed by atoms with Gasteiger partial charge in [0.2, 0.25) is 0 Å². The lowest BCUT2D eigenvalue weighted by molar-refractivity contribution is 0.787. The van der Waals surface area contributed by atoms with E-state index in [0.29, 0.717) is 4.99 Å². The van der Waals surface area contributed by atoms with Gasteiger partial charge in [0.1, 0.15) is 23.0 Å². The fourth-order valence-corrected chi connectivity index (χ4v) is 1.60. The van der Waals surface area contributed by atoms with E-state index in [-0.39, 0.29) is 0 Å². The molecule has 0 unspecified atom stereocenters. The summed E-state index contributed by atoms with van der Waals surface area (Å²) >= 11 is 4.86. The van der Waals surface area contributed by atoms with Crippen LogP contribution in [0.2, 0.25) is 0 Å². The number of nitrogens with one attached hydrogen (secondary N) is 1. The van der Waals surface area contributed by atoms with Gasteiger partial charge in [-0.15, -0.1) is 10.2 Å². The largest absolute Gasteiger partial charge is 0.389 e. The Morgan fingerprint density at radius 1 is 1.50 bits per heavy atom. The van der Waals surface area contributed by atoms with Crippen molar-refractivity contribution in [2.24, 2.45) is 12.8 Å². The molecule has 0 radical (unpaired) electrons. The fraction of sp³-hybridized carbons (Fsp3) is 0.273. The molecule has 0 aliphatic rings. The monoisotopic (exact) mass is 262 g/mol. The number of hydrogen-bond donors (Lipinski definition) is 2. The first-order chi connectivity index (χ1) is 8.66. The second kappa shape index (κ2) is 5.54. The molecule has 0 saturated heterocycles. The highest BCUT2D eigenvalue weighted by Crippen LogP contribution is 2.05. The van der Waals surface area contributed by atoms with E-state index in [1.165, 1.54) is 0 Å². The normalized spacial score (nSPS) is 10.3. The molecule has 0 bridgehead atoms. The Morgan fingerprint density at radius 3 is 2.89 bits per heavy atom. The molecule has 94 valence electrons. The summed E-state index contributed by atoms with van der Waals surface area (Å²) in [6.07, 6.45) is 4.13. The number of rotatable bonds is 5. The summed E-state index contributed by atoms with van der Waals surface area (Å²) in [7, 11) is 1.92. The molecule has 0 spiro atoms. The summed E-state index contributed by atoms with van der Waals surface area (Å²) in [4.78, 5) is 4.57. The van der Waals surface area contributed by atoms with Crippen LogP contribution < -0.4 is 11.1 Å². The van der Waals surface area contributed by atoms with E-state index in [9.17, 15) is 0 Å². The second-order valence-electron chi connectivity index (χ2n) is 3.83. The SMILES string of the molecule is Cn1cnnc1CCNc1ccc(C(N)=S)cn1. The molecule has 0 saturated carbocycles. The Labute approximate surface area is 110 Å². The van der Waals surface area contributed by atoms with Gasteiger partial charge in [0, 0.05) is 31.8 Å². The molecule has 0 atom stereocenters. The lowest BCUT2D eigenvalue weighted by Crippen LogP contribution is -2.12. The molecular formula is C11H14N6S. The van der Waals surface area contributed by atoms with Crippen LogP contribution in [-0.4, -0.2) is 31.3 Å². The van der Waals surface area contributed by atoms with Gasteiger partial charge in [0.05, 0.1) is 0 Å². The number of anilines is 1. The van der Waals surface area contributed by atoms with Crippen LogP contribution in [0, 0.1) is 0 Å². The zero-order valence-electron chi connectivity index (χ0n) is 10.00. The van der Waals surface area contributed by atoms with Gasteiger partial charge in [-0.25, -0.2) is 4.98 Å². The Hall–Kier alpha value is -2.02. The highest BCUT2D eigenvalue weighted by molar-refractivity contribution is 7.80. The van der Waals surface area contributed by atoms with Crippen LogP contribution in [0.15, 0.2) is 24.7 Å². The third-order valence-corrected chi connectivity index (χ3v) is 2.74. The van der Waals surface area contributed by atoms with E-state index < -0.39 is 0 Å². The lowest BCUT2D eigenvalue weighted by Gasteiger charge is -2.05. The van der Waals surface area contributed by atoms with Gasteiger partial charge >= 0.3 is 0 Å². The quantitative estimate of drug-likeness (QED) is 0.764. The molecule has 2 aromatic rings. The maximum Gasteiger partial charge on any atom is 0.134 e. The minimum Gasteiger partial charge on any atom is -0.389 e. The van der Waals surface area contributed by atoms with Crippen molar-refractivity contribution >= 4 is 23.0 Å². The molecule has 0 fully saturated rings. The number of nitrogens with two attached hydrogens (primary N) is 1. The lowest BCUT2D eigenvalue weighted by atomic mass is 10.3. The molecule has 2 aromatic heterocycles. The zero-order chi connectivity index (χ0) is 13.0. The molecule has 18 heavy (non-hydrogen) atoms. The summed E-state index contributed by atoms with van der Waals surface area (Å²) in [6.45, 7) is 0.742. The molecule has 0 aromatic carbocycles. The van der Waals surface area contributed by atoms with Gasteiger partial charge in [0.25, 0.3) is 0 Å². The van der Waals surface area contributed by atoms with Crippen molar-refractivity contribution < 1.29 is 0 Å². The highest BCUT2D eigenvalue weighted by Gasteiger charge is 2.01. The highest BCUT2D eigenvalue weighted by atomic mass is 32.1. The number of aromatic nitrogens is 4. The molecule has 6 nitrogen and oxygen atoms in total. The third-order valence-electron chi connectivity index (χ3n) is 2.51. The summed E-state index contributed by atoms with van der Waals surface area (Å²) in [6, 6.07) is 3.70. The Morgan fingerprint density at radius 2 is 2.33 bits per heavy atom. The van der Waals surface area contributed by atoms with E-state index in [1.807, 2.05) is 23.7 Å². The van der Waals surface area contributed by atoms with Gasteiger partial charge in [-0.1, -0.05) is 12.2 Å². The molecule has 0 aliphatic carbocycles. The van der Waals surface area contributed by atoms with E-state index in [1.54, 1.807) is 12.5 Å². The van der Waals surface area contributed by atoms with Crippen molar-refractivity contribution in [3.05, 3.63) is 36.0 Å². The van der Waals surface area contributed by atoms with Crippen LogP contribution in [0.4, 0.5) is 5.82 Å². The fourth-order valence-electron chi connectivity index (χ4n) is 1.48. The first-order valence-corrected chi connectivity index (χ1v) is 5.90. The van der Waals surface area contributed by atoms with Gasteiger partial charge in [-0.2, -0.15) is 0 Å². The number of nitrogens with zero attached hydrogens (tertiary/aromatic N) is 4. The predicted octanol–water partition coefficient (Wildman–Crippen LogP) is 0.499. The second-order valence-corrected chi connectivity index (χ2v) is 4.27. The number of pyridine rings is 1. The van der Waals surface area contributed by atoms with Gasteiger partial charge < -0.3 is 15.6 Å². The summed E-state index contributed by atoms with van der Waals surface area (Å²) < 4.78 is 1.89. The van der Waals surface area contributed by atoms with Gasteiger partial charge in [0.15, 0.2) is 0 Å². The summed E-state index contributed by atoms with van der Waals surface area (Å²) in [5.41, 5.74) is 6.27. The molecule has 0 aliphatic heterocycles. The minimum atomic E-state index is 0.355. The summed E-state index contributed by atoms with van der Waals surface area (Å²) in [5, 5.41) is 11.0. The standard InChI is InChI=1S/C11H14N6S/c1-17-7-15-16-10(17)4-5-13-9-3-2-8(6-14-9)11(12)18/h2-3,6-7H,4-5H2,1H3,(H2,12,18)(H,13,14). The van der Waals surface area contributed by atoms with Crippen molar-refractivity contribution in [2.45, 2.75) is 6.42 Å². The average Bonchev–Trinajstić information content (AvgIpc) is 2.76. The van der Waals surface area contributed by atoms with E-state index >= 15 is 0 Å². The van der Waals surface area contributed by atoms with E-state index in [2.05, 4.69) is 20.5 Å². The number of thiocarbonyl (C=S) groups is 1. The third kappa shape index (κ3) is 3.01. The molecule has 3 N–H and O–H groups in total. The molecule has 7 heteroatoms. The maximum absolute atomic E-state index is 5.50. The first kappa shape index (κ1) is 12.4. The van der Waals surface area contributed by atoms with E-state index in [0.717, 1.165) is 30.2 Å². The van der Waals surface area contributed by atoms with Crippen LogP contribution >= 0.6 is 12.2 Å². The Bertz CT molecular complexity index is 533. The van der Waals surface area contributed by atoms with Gasteiger partial charge in [-0.05, 0) is 12.1 Å². The van der Waals surface area contributed by atoms with E-state index in [4.69, 9.17) is 18.0 Å². The molecule has 2 rings (SSSR count). The Kier molecular flexibility index (Phi) is 3.83. The predicted molar refractivity (Wildman–Crippen MR) is 73.3 cm³/mol. The topological polar surface area (TPSA) is 81.7 Å². The molecule has 0 amide bonds. The van der Waals surface area contributed by atoms with Crippen molar-refractivity contribution in [3.8, 4) is 0 Å². The minimum absolute atomic E-state index is 0.355. The number of hydrogen-bond acceptors (Lipinski definition) is 5. The van der Waals surface area contributed by atoms with Crippen LogP contribution in [0.25, 0.3) is 0 Å². The van der Waals surface area contributed by atoms with Crippen molar-refractivity contribution in [2.75, 3.05) is 11.9 Å². The van der Waals surface area contributed by atoms with Gasteiger partial charge in [-0.3, -0.25) is 0 Å². The van der Waals surface area contributed by atoms with Crippen molar-refractivity contribution in [1.29, 1.82) is 0 Å². The molecular weight excluding hydrogens is 248 g/mol. The average molecular weight is 262 g/mol. The van der Waals surface area contributed by atoms with Crippen molar-refractivity contribution in [1.82, 2.24) is 19.7 Å². The smallest absolute Gasteiger partial charge is 0.134 e. The number of aryl methyl sites for hydroxylation is 1. The van der Waals surface area contributed by atoms with Crippen LogP contribution in [0.1, 0.15) is 11.4 Å². The van der Waals surface area contributed by atoms with Crippen LogP contribution in [0.5, 0.6) is 0 Å².